The summed E-state index contributed by atoms with van der Waals surface area (Å²) in [5, 5.41) is 9.43. The molecule has 0 radical (unpaired) electrons. The first-order valence-corrected chi connectivity index (χ1v) is 11.5. The molecule has 0 bridgehead atoms. The lowest BCUT2D eigenvalue weighted by atomic mass is 10.00. The molecular weight excluding hydrogens is 453 g/mol. The highest BCUT2D eigenvalue weighted by atomic mass is 35.5. The molecule has 0 spiro atoms. The van der Waals surface area contributed by atoms with Crippen molar-refractivity contribution in [3.63, 3.8) is 0 Å². The minimum Gasteiger partial charge on any atom is -0.349 e. The van der Waals surface area contributed by atoms with E-state index in [2.05, 4.69) is 28.4 Å². The van der Waals surface area contributed by atoms with Crippen molar-refractivity contribution in [2.24, 2.45) is 16.0 Å². The molecule has 5 nitrogen and oxygen atoms in total. The monoisotopic (exact) mass is 478 g/mol. The standard InChI is InChI=1S/C24H26ClF3N4O/c1-14-3-8-20-19(29-10-9-24(26,27)28)13-22(25)31-32(20)21(11-14)16-4-7-18(15(2)12-16)23(33)30-17-5-6-17/h4,7-8,11-12,14,17H,3,5-6,9-10,13H2,1-2H3,(H,30,33). The number of alkyl halides is 3. The van der Waals surface area contributed by atoms with Crippen LogP contribution < -0.4 is 5.32 Å². The normalized spacial score (nSPS) is 22.2. The number of aliphatic imine (C=N–C) groups is 1. The molecule has 1 aromatic carbocycles. The summed E-state index contributed by atoms with van der Waals surface area (Å²) in [6.45, 7) is 3.59. The van der Waals surface area contributed by atoms with Gasteiger partial charge >= 0.3 is 6.18 Å². The summed E-state index contributed by atoms with van der Waals surface area (Å²) in [5.74, 6) is 0.0881. The van der Waals surface area contributed by atoms with Crippen LogP contribution in [0.25, 0.3) is 5.70 Å². The van der Waals surface area contributed by atoms with Gasteiger partial charge in [0.05, 0.1) is 23.5 Å². The second-order valence-corrected chi connectivity index (χ2v) is 9.23. The topological polar surface area (TPSA) is 57.1 Å². The van der Waals surface area contributed by atoms with Crippen LogP contribution in [0.2, 0.25) is 0 Å². The number of carbonyl (C=O) groups excluding carboxylic acids is 1. The molecule has 1 atom stereocenters. The molecule has 9 heteroatoms. The Morgan fingerprint density at radius 2 is 2.06 bits per heavy atom. The van der Waals surface area contributed by atoms with Crippen molar-refractivity contribution in [1.82, 2.24) is 10.3 Å². The predicted molar refractivity (Wildman–Crippen MR) is 124 cm³/mol. The summed E-state index contributed by atoms with van der Waals surface area (Å²) in [4.78, 5) is 16.7. The van der Waals surface area contributed by atoms with E-state index in [1.165, 1.54) is 0 Å². The molecule has 1 aliphatic carbocycles. The van der Waals surface area contributed by atoms with Crippen LogP contribution >= 0.6 is 11.6 Å². The van der Waals surface area contributed by atoms with E-state index in [0.717, 1.165) is 29.7 Å². The second-order valence-electron chi connectivity index (χ2n) is 8.79. The fraction of sp³-hybridized carbons (Fsp3) is 0.458. The lowest BCUT2D eigenvalue weighted by Gasteiger charge is -2.29. The van der Waals surface area contributed by atoms with E-state index in [1.54, 1.807) is 11.1 Å². The molecule has 1 saturated carbocycles. The van der Waals surface area contributed by atoms with Gasteiger partial charge in [-0.1, -0.05) is 36.7 Å². The van der Waals surface area contributed by atoms with Crippen molar-refractivity contribution < 1.29 is 18.0 Å². The van der Waals surface area contributed by atoms with E-state index in [0.29, 0.717) is 23.4 Å². The number of amides is 1. The molecule has 1 N–H and O–H groups in total. The Kier molecular flexibility index (Phi) is 6.66. The van der Waals surface area contributed by atoms with E-state index >= 15 is 0 Å². The number of aryl methyl sites for hydroxylation is 1. The molecule has 1 amide bonds. The number of nitrogens with zero attached hydrogens (tertiary/aromatic N) is 3. The van der Waals surface area contributed by atoms with Crippen molar-refractivity contribution in [2.75, 3.05) is 6.54 Å². The molecule has 2 aliphatic heterocycles. The van der Waals surface area contributed by atoms with Crippen molar-refractivity contribution in [3.05, 3.63) is 52.7 Å². The number of hydrazone groups is 1. The maximum atomic E-state index is 12.6. The summed E-state index contributed by atoms with van der Waals surface area (Å²) in [6, 6.07) is 5.88. The molecule has 0 saturated heterocycles. The molecule has 4 rings (SSSR count). The fourth-order valence-corrected chi connectivity index (χ4v) is 4.09. The van der Waals surface area contributed by atoms with Gasteiger partial charge in [0.25, 0.3) is 5.91 Å². The van der Waals surface area contributed by atoms with Crippen LogP contribution in [-0.2, 0) is 0 Å². The maximum absolute atomic E-state index is 12.6. The van der Waals surface area contributed by atoms with E-state index < -0.39 is 12.6 Å². The summed E-state index contributed by atoms with van der Waals surface area (Å²) in [6.07, 6.45) is 1.70. The third kappa shape index (κ3) is 5.85. The summed E-state index contributed by atoms with van der Waals surface area (Å²) in [5.41, 5.74) is 4.23. The first-order valence-electron chi connectivity index (χ1n) is 11.1. The van der Waals surface area contributed by atoms with Crippen LogP contribution in [0.3, 0.4) is 0 Å². The third-order valence-electron chi connectivity index (χ3n) is 5.78. The van der Waals surface area contributed by atoms with Crippen LogP contribution in [0.4, 0.5) is 13.2 Å². The zero-order chi connectivity index (χ0) is 23.8. The van der Waals surface area contributed by atoms with E-state index in [1.807, 2.05) is 25.1 Å². The minimum absolute atomic E-state index is 0.0801. The molecule has 1 aromatic rings. The number of allylic oxidation sites excluding steroid dienone is 3. The van der Waals surface area contributed by atoms with Gasteiger partial charge in [0.2, 0.25) is 0 Å². The van der Waals surface area contributed by atoms with Gasteiger partial charge in [0.1, 0.15) is 5.17 Å². The Morgan fingerprint density at radius 3 is 2.73 bits per heavy atom. The molecule has 33 heavy (non-hydrogen) atoms. The van der Waals surface area contributed by atoms with Gasteiger partial charge in [0, 0.05) is 30.1 Å². The van der Waals surface area contributed by atoms with Crippen molar-refractivity contribution in [1.29, 1.82) is 0 Å². The van der Waals surface area contributed by atoms with Crippen LogP contribution in [-0.4, -0.2) is 40.6 Å². The van der Waals surface area contributed by atoms with Crippen LogP contribution in [0.15, 0.2) is 46.1 Å². The van der Waals surface area contributed by atoms with Gasteiger partial charge in [-0.05, 0) is 49.8 Å². The molecular formula is C24H26ClF3N4O. The smallest absolute Gasteiger partial charge is 0.349 e. The Hall–Kier alpha value is -2.61. The number of hydrogen-bond donors (Lipinski definition) is 1. The molecule has 0 aromatic heterocycles. The largest absolute Gasteiger partial charge is 0.390 e. The quantitative estimate of drug-likeness (QED) is 0.581. The number of hydrogen-bond acceptors (Lipinski definition) is 4. The highest BCUT2D eigenvalue weighted by Crippen LogP contribution is 2.35. The lowest BCUT2D eigenvalue weighted by Crippen LogP contribution is -2.29. The maximum Gasteiger partial charge on any atom is 0.390 e. The van der Waals surface area contributed by atoms with Gasteiger partial charge in [-0.3, -0.25) is 9.79 Å². The number of fused-ring (bicyclic) bond motifs is 1. The van der Waals surface area contributed by atoms with Gasteiger partial charge in [-0.2, -0.15) is 18.3 Å². The van der Waals surface area contributed by atoms with Gasteiger partial charge in [-0.25, -0.2) is 5.01 Å². The van der Waals surface area contributed by atoms with Crippen LogP contribution in [0.1, 0.15) is 60.5 Å². The molecule has 2 heterocycles. The van der Waals surface area contributed by atoms with Gasteiger partial charge < -0.3 is 5.32 Å². The zero-order valence-corrected chi connectivity index (χ0v) is 19.3. The van der Waals surface area contributed by atoms with Crippen molar-refractivity contribution in [2.45, 2.75) is 58.2 Å². The third-order valence-corrected chi connectivity index (χ3v) is 5.99. The van der Waals surface area contributed by atoms with Gasteiger partial charge in [0.15, 0.2) is 0 Å². The molecule has 1 fully saturated rings. The van der Waals surface area contributed by atoms with E-state index in [-0.39, 0.29) is 36.0 Å². The average Bonchev–Trinajstić information content (AvgIpc) is 3.54. The fourth-order valence-electron chi connectivity index (χ4n) is 3.88. The Balaban J connectivity index is 1.65. The van der Waals surface area contributed by atoms with Crippen molar-refractivity contribution >= 4 is 34.1 Å². The molecule has 3 aliphatic rings. The summed E-state index contributed by atoms with van der Waals surface area (Å²) in [7, 11) is 0. The number of benzene rings is 1. The Bertz CT molecular complexity index is 1070. The number of nitrogens with one attached hydrogen (secondary N) is 1. The lowest BCUT2D eigenvalue weighted by molar-refractivity contribution is -0.132. The minimum atomic E-state index is -4.27. The summed E-state index contributed by atoms with van der Waals surface area (Å²) < 4.78 is 37.9. The number of rotatable bonds is 5. The molecule has 176 valence electrons. The first-order chi connectivity index (χ1) is 15.6. The van der Waals surface area contributed by atoms with Crippen LogP contribution in [0.5, 0.6) is 0 Å². The summed E-state index contributed by atoms with van der Waals surface area (Å²) >= 11 is 6.29. The SMILES string of the molecule is Cc1cc(C2=CC(C)CC=C3C(=NCCC(F)(F)F)CC(Cl)=NN32)ccc1C(=O)NC1CC1. The van der Waals surface area contributed by atoms with E-state index in [9.17, 15) is 18.0 Å². The highest BCUT2D eigenvalue weighted by molar-refractivity contribution is 6.67. The molecule has 1 unspecified atom stereocenters. The van der Waals surface area contributed by atoms with Crippen LogP contribution in [0, 0.1) is 12.8 Å². The van der Waals surface area contributed by atoms with Crippen molar-refractivity contribution in [3.8, 4) is 0 Å². The zero-order valence-electron chi connectivity index (χ0n) is 18.5. The highest BCUT2D eigenvalue weighted by Gasteiger charge is 2.30. The Morgan fingerprint density at radius 1 is 1.30 bits per heavy atom. The second kappa shape index (κ2) is 9.33. The number of carbonyl (C=O) groups is 1. The predicted octanol–water partition coefficient (Wildman–Crippen LogP) is 5.80. The first kappa shape index (κ1) is 23.5. The van der Waals surface area contributed by atoms with E-state index in [4.69, 9.17) is 11.6 Å². The Labute approximate surface area is 196 Å². The average molecular weight is 479 g/mol. The number of halogens is 4. The van der Waals surface area contributed by atoms with Gasteiger partial charge in [-0.15, -0.1) is 0 Å².